The van der Waals surface area contributed by atoms with E-state index in [9.17, 15) is 0 Å². The fourth-order valence-corrected chi connectivity index (χ4v) is 3.07. The SMILES string of the molecule is CCNC(=NCC(c1ccco1)N(C)C)NCCc1ccc(-n2cccn2)cc1.I. The van der Waals surface area contributed by atoms with E-state index in [1.54, 1.807) is 12.5 Å². The molecule has 0 saturated heterocycles. The molecule has 0 aliphatic carbocycles. The second-order valence-corrected chi connectivity index (χ2v) is 7.01. The van der Waals surface area contributed by atoms with Crippen molar-refractivity contribution < 1.29 is 4.42 Å². The monoisotopic (exact) mass is 522 g/mol. The van der Waals surface area contributed by atoms with Crippen molar-refractivity contribution in [3.8, 4) is 5.69 Å². The third-order valence-electron chi connectivity index (χ3n) is 4.67. The Hall–Kier alpha value is -2.33. The van der Waals surface area contributed by atoms with Crippen LogP contribution in [0.15, 0.2) is 70.5 Å². The number of hydrogen-bond acceptors (Lipinski definition) is 4. The smallest absolute Gasteiger partial charge is 0.191 e. The van der Waals surface area contributed by atoms with Gasteiger partial charge in [0.25, 0.3) is 0 Å². The minimum Gasteiger partial charge on any atom is -0.468 e. The highest BCUT2D eigenvalue weighted by Crippen LogP contribution is 2.18. The average molecular weight is 522 g/mol. The van der Waals surface area contributed by atoms with E-state index in [0.29, 0.717) is 6.54 Å². The molecule has 2 aromatic heterocycles. The highest BCUT2D eigenvalue weighted by molar-refractivity contribution is 14.0. The number of halogens is 1. The summed E-state index contributed by atoms with van der Waals surface area (Å²) in [5, 5.41) is 11.0. The van der Waals surface area contributed by atoms with Gasteiger partial charge in [0.1, 0.15) is 5.76 Å². The van der Waals surface area contributed by atoms with Crippen LogP contribution in [0.3, 0.4) is 0 Å². The Bertz CT molecular complexity index is 860. The van der Waals surface area contributed by atoms with Gasteiger partial charge in [-0.1, -0.05) is 12.1 Å². The van der Waals surface area contributed by atoms with Crippen LogP contribution in [0.25, 0.3) is 5.69 Å². The van der Waals surface area contributed by atoms with Gasteiger partial charge < -0.3 is 15.1 Å². The number of nitrogens with zero attached hydrogens (tertiary/aromatic N) is 4. The average Bonchev–Trinajstić information content (AvgIpc) is 3.43. The maximum Gasteiger partial charge on any atom is 0.191 e. The molecule has 1 aromatic carbocycles. The third kappa shape index (κ3) is 6.88. The molecule has 0 amide bonds. The standard InChI is InChI=1S/C22H30N6O.HI/c1-4-23-22(25-17-20(27(2)3)21-7-5-16-29-21)24-14-12-18-8-10-19(11-9-18)28-15-6-13-26-28;/h5-11,13,15-16,20H,4,12,14,17H2,1-3H3,(H2,23,24,25);1H. The zero-order valence-corrected chi connectivity index (χ0v) is 20.1. The van der Waals surface area contributed by atoms with Crippen molar-refractivity contribution in [3.05, 3.63) is 72.4 Å². The summed E-state index contributed by atoms with van der Waals surface area (Å²) < 4.78 is 7.43. The summed E-state index contributed by atoms with van der Waals surface area (Å²) in [6, 6.07) is 14.4. The van der Waals surface area contributed by atoms with Gasteiger partial charge in [-0.2, -0.15) is 5.10 Å². The van der Waals surface area contributed by atoms with Crippen molar-refractivity contribution in [3.63, 3.8) is 0 Å². The molecule has 3 aromatic rings. The normalized spacial score (nSPS) is 12.5. The van der Waals surface area contributed by atoms with Gasteiger partial charge in [0.2, 0.25) is 0 Å². The molecular weight excluding hydrogens is 491 g/mol. The first-order chi connectivity index (χ1) is 14.2. The Labute approximate surface area is 195 Å². The fraction of sp³-hybridized carbons (Fsp3) is 0.364. The highest BCUT2D eigenvalue weighted by Gasteiger charge is 2.16. The van der Waals surface area contributed by atoms with Gasteiger partial charge in [-0.15, -0.1) is 24.0 Å². The Balaban J connectivity index is 0.00000320. The molecule has 0 aliphatic heterocycles. The Morgan fingerprint density at radius 3 is 2.57 bits per heavy atom. The lowest BCUT2D eigenvalue weighted by molar-refractivity contribution is 0.265. The fourth-order valence-electron chi connectivity index (χ4n) is 3.07. The summed E-state index contributed by atoms with van der Waals surface area (Å²) in [6.07, 6.45) is 6.35. The van der Waals surface area contributed by atoms with Gasteiger partial charge in [-0.05, 0) is 63.3 Å². The number of aromatic nitrogens is 2. The lowest BCUT2D eigenvalue weighted by Gasteiger charge is -2.21. The molecular formula is C22H31IN6O. The van der Waals surface area contributed by atoms with E-state index >= 15 is 0 Å². The number of furan rings is 1. The molecule has 0 spiro atoms. The van der Waals surface area contributed by atoms with Crippen LogP contribution in [0.1, 0.15) is 24.3 Å². The Morgan fingerprint density at radius 1 is 1.17 bits per heavy atom. The van der Waals surface area contributed by atoms with Crippen molar-refractivity contribution in [2.75, 3.05) is 33.7 Å². The number of guanidine groups is 1. The molecule has 1 atom stereocenters. The van der Waals surface area contributed by atoms with Crippen molar-refractivity contribution in [1.82, 2.24) is 25.3 Å². The molecule has 0 bridgehead atoms. The van der Waals surface area contributed by atoms with Crippen LogP contribution in [0, 0.1) is 0 Å². The summed E-state index contributed by atoms with van der Waals surface area (Å²) in [5.74, 6) is 1.74. The zero-order chi connectivity index (χ0) is 20.5. The van der Waals surface area contributed by atoms with Crippen LogP contribution in [0.5, 0.6) is 0 Å². The first kappa shape index (κ1) is 23.9. The number of aliphatic imine (C=N–C) groups is 1. The second kappa shape index (κ2) is 12.4. The van der Waals surface area contributed by atoms with Gasteiger partial charge in [-0.3, -0.25) is 9.89 Å². The van der Waals surface area contributed by atoms with Gasteiger partial charge >= 0.3 is 0 Å². The summed E-state index contributed by atoms with van der Waals surface area (Å²) in [5.41, 5.74) is 2.33. The van der Waals surface area contributed by atoms with Crippen LogP contribution < -0.4 is 10.6 Å². The predicted octanol–water partition coefficient (Wildman–Crippen LogP) is 3.48. The first-order valence-electron chi connectivity index (χ1n) is 9.98. The maximum absolute atomic E-state index is 5.57. The number of rotatable bonds is 9. The summed E-state index contributed by atoms with van der Waals surface area (Å²) in [6.45, 7) is 4.31. The summed E-state index contributed by atoms with van der Waals surface area (Å²) >= 11 is 0. The van der Waals surface area contributed by atoms with Crippen LogP contribution >= 0.6 is 24.0 Å². The molecule has 0 fully saturated rings. The largest absolute Gasteiger partial charge is 0.468 e. The minimum absolute atomic E-state index is 0. The van der Waals surface area contributed by atoms with Crippen molar-refractivity contribution in [1.29, 1.82) is 0 Å². The van der Waals surface area contributed by atoms with E-state index in [1.807, 2.05) is 43.2 Å². The lowest BCUT2D eigenvalue weighted by atomic mass is 10.1. The molecule has 2 N–H and O–H groups in total. The molecule has 162 valence electrons. The van der Waals surface area contributed by atoms with Gasteiger partial charge in [0.05, 0.1) is 24.5 Å². The molecule has 8 heteroatoms. The summed E-state index contributed by atoms with van der Waals surface area (Å²) in [7, 11) is 4.08. The van der Waals surface area contributed by atoms with Crippen LogP contribution in [0.2, 0.25) is 0 Å². The van der Waals surface area contributed by atoms with E-state index in [4.69, 9.17) is 9.41 Å². The van der Waals surface area contributed by atoms with Crippen molar-refractivity contribution in [2.24, 2.45) is 4.99 Å². The highest BCUT2D eigenvalue weighted by atomic mass is 127. The topological polar surface area (TPSA) is 70.6 Å². The van der Waals surface area contributed by atoms with Gasteiger partial charge in [-0.25, -0.2) is 4.68 Å². The number of hydrogen-bond donors (Lipinski definition) is 2. The third-order valence-corrected chi connectivity index (χ3v) is 4.67. The van der Waals surface area contributed by atoms with Gasteiger partial charge in [0, 0.05) is 25.5 Å². The maximum atomic E-state index is 5.57. The second-order valence-electron chi connectivity index (χ2n) is 7.01. The van der Waals surface area contributed by atoms with E-state index in [-0.39, 0.29) is 30.0 Å². The van der Waals surface area contributed by atoms with Gasteiger partial charge in [0.15, 0.2) is 5.96 Å². The molecule has 0 radical (unpaired) electrons. The van der Waals surface area contributed by atoms with E-state index < -0.39 is 0 Å². The molecule has 1 unspecified atom stereocenters. The predicted molar refractivity (Wildman–Crippen MR) is 132 cm³/mol. The molecule has 0 aliphatic rings. The Morgan fingerprint density at radius 2 is 1.97 bits per heavy atom. The van der Waals surface area contributed by atoms with Crippen LogP contribution in [-0.2, 0) is 6.42 Å². The van der Waals surface area contributed by atoms with Crippen LogP contribution in [0.4, 0.5) is 0 Å². The minimum atomic E-state index is 0. The lowest BCUT2D eigenvalue weighted by Crippen LogP contribution is -2.39. The number of likely N-dealkylation sites (N-methyl/N-ethyl adjacent to an activating group) is 1. The van der Waals surface area contributed by atoms with Crippen molar-refractivity contribution >= 4 is 29.9 Å². The quantitative estimate of drug-likeness (QED) is 0.256. The van der Waals surface area contributed by atoms with E-state index in [0.717, 1.165) is 36.9 Å². The van der Waals surface area contributed by atoms with Crippen molar-refractivity contribution in [2.45, 2.75) is 19.4 Å². The van der Waals surface area contributed by atoms with E-state index in [2.05, 4.69) is 51.8 Å². The zero-order valence-electron chi connectivity index (χ0n) is 17.8. The molecule has 7 nitrogen and oxygen atoms in total. The number of nitrogens with one attached hydrogen (secondary N) is 2. The first-order valence-corrected chi connectivity index (χ1v) is 9.98. The summed E-state index contributed by atoms with van der Waals surface area (Å²) in [4.78, 5) is 6.87. The van der Waals surface area contributed by atoms with E-state index in [1.165, 1.54) is 5.56 Å². The molecule has 30 heavy (non-hydrogen) atoms. The van der Waals surface area contributed by atoms with Crippen LogP contribution in [-0.4, -0.2) is 54.4 Å². The molecule has 0 saturated carbocycles. The number of benzene rings is 1. The Kier molecular flexibility index (Phi) is 9.88. The molecule has 2 heterocycles. The molecule has 3 rings (SSSR count).